The number of aliphatic hydroxyl groups excluding tert-OH is 5. The van der Waals surface area contributed by atoms with Crippen LogP contribution in [0.3, 0.4) is 0 Å². The van der Waals surface area contributed by atoms with Crippen LogP contribution in [0.4, 0.5) is 0 Å². The first-order valence-electron chi connectivity index (χ1n) is 20.2. The van der Waals surface area contributed by atoms with E-state index >= 15 is 0 Å². The van der Waals surface area contributed by atoms with Crippen molar-refractivity contribution in [1.29, 1.82) is 0 Å². The van der Waals surface area contributed by atoms with E-state index in [9.17, 15) is 30.3 Å². The number of hydrogen-bond donors (Lipinski definition) is 6. The highest BCUT2D eigenvalue weighted by Gasteiger charge is 2.44. The van der Waals surface area contributed by atoms with Gasteiger partial charge in [-0.1, -0.05) is 168 Å². The molecular weight excluding hydrogens is 610 g/mol. The maximum absolute atomic E-state index is 12.9. The topological polar surface area (TPSA) is 149 Å². The van der Waals surface area contributed by atoms with E-state index in [2.05, 4.69) is 19.2 Å². The molecule has 1 fully saturated rings. The second-order valence-electron chi connectivity index (χ2n) is 14.4. The normalized spacial score (nSPS) is 22.5. The van der Waals surface area contributed by atoms with Crippen LogP contribution in [0.15, 0.2) is 0 Å². The molecule has 1 amide bonds. The Morgan fingerprint density at radius 1 is 0.625 bits per heavy atom. The molecule has 0 aromatic carbocycles. The second kappa shape index (κ2) is 31.0. The van der Waals surface area contributed by atoms with Gasteiger partial charge in [-0.3, -0.25) is 4.79 Å². The molecule has 0 radical (unpaired) electrons. The predicted molar refractivity (Wildman–Crippen MR) is 194 cm³/mol. The first kappa shape index (κ1) is 45.2. The van der Waals surface area contributed by atoms with E-state index in [0.717, 1.165) is 38.5 Å². The van der Waals surface area contributed by atoms with E-state index in [1.807, 2.05) is 0 Å². The summed E-state index contributed by atoms with van der Waals surface area (Å²) in [4.78, 5) is 12.9. The molecule has 9 heteroatoms. The van der Waals surface area contributed by atoms with Gasteiger partial charge in [0.05, 0.1) is 25.4 Å². The number of amides is 1. The summed E-state index contributed by atoms with van der Waals surface area (Å²) in [5.74, 6) is -0.144. The first-order valence-corrected chi connectivity index (χ1v) is 20.2. The maximum Gasteiger partial charge on any atom is 0.220 e. The van der Waals surface area contributed by atoms with E-state index in [0.29, 0.717) is 12.8 Å². The Bertz CT molecular complexity index is 726. The third kappa shape index (κ3) is 22.1. The van der Waals surface area contributed by atoms with Gasteiger partial charge in [-0.05, 0) is 12.8 Å². The predicted octanol–water partition coefficient (Wildman–Crippen LogP) is 7.22. The molecule has 0 aromatic heterocycles. The lowest BCUT2D eigenvalue weighted by Crippen LogP contribution is -2.60. The van der Waals surface area contributed by atoms with E-state index < -0.39 is 49.5 Å². The number of rotatable bonds is 33. The minimum atomic E-state index is -1.55. The Morgan fingerprint density at radius 3 is 1.48 bits per heavy atom. The molecule has 286 valence electrons. The number of ether oxygens (including phenoxy) is 2. The van der Waals surface area contributed by atoms with Crippen molar-refractivity contribution < 1.29 is 39.8 Å². The summed E-state index contributed by atoms with van der Waals surface area (Å²) in [6, 6.07) is -0.709. The SMILES string of the molecule is CCCCCCCCCCCCCCCCCC(=O)N[C@@H](CO[C@H]1O[C@@H](CO)[C@H](O)C(O)C1O)[C@H](O)CCCCCCCCCCCC. The van der Waals surface area contributed by atoms with E-state index in [-0.39, 0.29) is 12.5 Å². The van der Waals surface area contributed by atoms with Gasteiger partial charge in [0.1, 0.15) is 24.4 Å². The molecule has 1 aliphatic rings. The number of nitrogens with one attached hydrogen (secondary N) is 1. The van der Waals surface area contributed by atoms with Crippen LogP contribution in [0.2, 0.25) is 0 Å². The van der Waals surface area contributed by atoms with Gasteiger partial charge in [0.2, 0.25) is 5.91 Å². The summed E-state index contributed by atoms with van der Waals surface area (Å²) in [7, 11) is 0. The molecule has 0 bridgehead atoms. The van der Waals surface area contributed by atoms with Crippen LogP contribution in [0, 0.1) is 0 Å². The Labute approximate surface area is 294 Å². The molecule has 1 aliphatic heterocycles. The average Bonchev–Trinajstić information content (AvgIpc) is 3.08. The van der Waals surface area contributed by atoms with E-state index in [1.165, 1.54) is 122 Å². The molecule has 1 saturated heterocycles. The van der Waals surface area contributed by atoms with E-state index in [1.54, 1.807) is 0 Å². The summed E-state index contributed by atoms with van der Waals surface area (Å²) in [6.07, 6.45) is 23.9. The van der Waals surface area contributed by atoms with Crippen molar-refractivity contribution in [1.82, 2.24) is 5.32 Å². The van der Waals surface area contributed by atoms with Gasteiger partial charge in [0.15, 0.2) is 6.29 Å². The summed E-state index contributed by atoms with van der Waals surface area (Å²) < 4.78 is 11.2. The highest BCUT2D eigenvalue weighted by Crippen LogP contribution is 2.23. The van der Waals surface area contributed by atoms with Crippen molar-refractivity contribution in [2.24, 2.45) is 0 Å². The highest BCUT2D eigenvalue weighted by atomic mass is 16.7. The quantitative estimate of drug-likeness (QED) is 0.0396. The smallest absolute Gasteiger partial charge is 0.220 e. The molecule has 0 aromatic rings. The standard InChI is InChI=1S/C39H77NO8/c1-3-5-7-9-11-13-15-16-17-18-19-21-23-25-27-29-35(43)40-32(31-47-39-38(46)37(45)36(44)34(30-41)48-39)33(42)28-26-24-22-20-14-12-10-8-6-4-2/h32-34,36-39,41-42,44-46H,3-31H2,1-2H3,(H,40,43)/t32-,33+,34-,36-,37?,38?,39-/m0/s1. The second-order valence-corrected chi connectivity index (χ2v) is 14.4. The molecule has 7 atom stereocenters. The van der Waals surface area contributed by atoms with Gasteiger partial charge in [-0.25, -0.2) is 0 Å². The summed E-state index contributed by atoms with van der Waals surface area (Å²) in [5, 5.41) is 54.0. The van der Waals surface area contributed by atoms with Crippen molar-refractivity contribution in [2.45, 2.75) is 230 Å². The van der Waals surface area contributed by atoms with Gasteiger partial charge in [-0.2, -0.15) is 0 Å². The van der Waals surface area contributed by atoms with Gasteiger partial charge in [0, 0.05) is 6.42 Å². The minimum absolute atomic E-state index is 0.133. The molecule has 0 aliphatic carbocycles. The molecule has 6 N–H and O–H groups in total. The zero-order chi connectivity index (χ0) is 35.2. The van der Waals surface area contributed by atoms with Crippen LogP contribution in [-0.2, 0) is 14.3 Å². The molecular formula is C39H77NO8. The summed E-state index contributed by atoms with van der Waals surface area (Å²) in [5.41, 5.74) is 0. The van der Waals surface area contributed by atoms with Crippen LogP contribution in [0.5, 0.6) is 0 Å². The van der Waals surface area contributed by atoms with Crippen LogP contribution in [0.25, 0.3) is 0 Å². The Hall–Kier alpha value is -0.810. The van der Waals surface area contributed by atoms with Crippen LogP contribution >= 0.6 is 0 Å². The molecule has 1 heterocycles. The Balaban J connectivity index is 2.37. The van der Waals surface area contributed by atoms with Gasteiger partial charge >= 0.3 is 0 Å². The van der Waals surface area contributed by atoms with Crippen LogP contribution in [-0.4, -0.2) is 87.5 Å². The van der Waals surface area contributed by atoms with Gasteiger partial charge in [0.25, 0.3) is 0 Å². The lowest BCUT2D eigenvalue weighted by atomic mass is 9.99. The average molecular weight is 688 g/mol. The third-order valence-corrected chi connectivity index (χ3v) is 9.96. The van der Waals surface area contributed by atoms with Crippen molar-refractivity contribution in [3.8, 4) is 0 Å². The van der Waals surface area contributed by atoms with E-state index in [4.69, 9.17) is 9.47 Å². The van der Waals surface area contributed by atoms with Gasteiger partial charge < -0.3 is 40.3 Å². The van der Waals surface area contributed by atoms with Crippen molar-refractivity contribution in [2.75, 3.05) is 13.2 Å². The molecule has 1 rings (SSSR count). The number of aliphatic hydroxyl groups is 5. The van der Waals surface area contributed by atoms with Crippen molar-refractivity contribution in [3.05, 3.63) is 0 Å². The lowest BCUT2D eigenvalue weighted by molar-refractivity contribution is -0.302. The summed E-state index contributed by atoms with van der Waals surface area (Å²) in [6.45, 7) is 3.81. The molecule has 48 heavy (non-hydrogen) atoms. The highest BCUT2D eigenvalue weighted by molar-refractivity contribution is 5.76. The monoisotopic (exact) mass is 688 g/mol. The fourth-order valence-corrected chi connectivity index (χ4v) is 6.63. The Kier molecular flexibility index (Phi) is 29.2. The molecule has 0 saturated carbocycles. The minimum Gasteiger partial charge on any atom is -0.394 e. The first-order chi connectivity index (χ1) is 23.3. The summed E-state index contributed by atoms with van der Waals surface area (Å²) >= 11 is 0. The third-order valence-electron chi connectivity index (χ3n) is 9.96. The number of carbonyl (C=O) groups excluding carboxylic acids is 1. The largest absolute Gasteiger partial charge is 0.394 e. The zero-order valence-electron chi connectivity index (χ0n) is 31.0. The molecule has 0 spiro atoms. The van der Waals surface area contributed by atoms with Crippen LogP contribution < -0.4 is 5.32 Å². The molecule has 9 nitrogen and oxygen atoms in total. The number of carbonyl (C=O) groups is 1. The molecule has 2 unspecified atom stereocenters. The fourth-order valence-electron chi connectivity index (χ4n) is 6.63. The van der Waals surface area contributed by atoms with Crippen molar-refractivity contribution >= 4 is 5.91 Å². The lowest BCUT2D eigenvalue weighted by Gasteiger charge is -2.40. The number of unbranched alkanes of at least 4 members (excludes halogenated alkanes) is 23. The number of hydrogen-bond acceptors (Lipinski definition) is 8. The van der Waals surface area contributed by atoms with Crippen molar-refractivity contribution in [3.63, 3.8) is 0 Å². The van der Waals surface area contributed by atoms with Crippen LogP contribution in [0.1, 0.15) is 187 Å². The fraction of sp³-hybridized carbons (Fsp3) is 0.974. The Morgan fingerprint density at radius 2 is 1.04 bits per heavy atom. The maximum atomic E-state index is 12.9. The van der Waals surface area contributed by atoms with Gasteiger partial charge in [-0.15, -0.1) is 0 Å². The zero-order valence-corrected chi connectivity index (χ0v) is 31.0.